The number of rotatable bonds is 39. The molecule has 0 atom stereocenters. The van der Waals surface area contributed by atoms with E-state index in [1.54, 1.807) is 0 Å². The minimum atomic E-state index is -2.42. The fourth-order valence-corrected chi connectivity index (χ4v) is 8.30. The predicted octanol–water partition coefficient (Wildman–Crippen LogP) is 14.2. The lowest BCUT2D eigenvalue weighted by Gasteiger charge is -2.31. The van der Waals surface area contributed by atoms with Crippen LogP contribution < -0.4 is 0 Å². The highest BCUT2D eigenvalue weighted by Crippen LogP contribution is 2.51. The van der Waals surface area contributed by atoms with Crippen LogP contribution in [0.15, 0.2) is 24.3 Å². The Morgan fingerprint density at radius 3 is 1.06 bits per heavy atom. The lowest BCUT2D eigenvalue weighted by molar-refractivity contribution is 0.200. The van der Waals surface area contributed by atoms with Crippen LogP contribution in [-0.4, -0.2) is 57.0 Å². The van der Waals surface area contributed by atoms with Gasteiger partial charge in [-0.3, -0.25) is 0 Å². The molecule has 4 nitrogen and oxygen atoms in total. The van der Waals surface area contributed by atoms with E-state index in [1.165, 1.54) is 167 Å². The second kappa shape index (κ2) is 38.2. The summed E-state index contributed by atoms with van der Waals surface area (Å²) in [5, 5.41) is 0. The van der Waals surface area contributed by atoms with E-state index in [0.29, 0.717) is 0 Å². The number of unbranched alkanes of at least 4 members (excludes halogenated alkanes) is 24. The summed E-state index contributed by atoms with van der Waals surface area (Å²) < 4.78 is 15.0. The molecule has 0 aliphatic rings. The molecule has 0 aromatic heterocycles. The predicted molar refractivity (Wildman–Crippen MR) is 221 cm³/mol. The van der Waals surface area contributed by atoms with Gasteiger partial charge in [-0.2, -0.15) is 0 Å². The van der Waals surface area contributed by atoms with Crippen LogP contribution in [0, 0.1) is 0 Å². The molecule has 48 heavy (non-hydrogen) atoms. The molecule has 0 spiro atoms. The van der Waals surface area contributed by atoms with Crippen LogP contribution in [-0.2, 0) is 20.9 Å². The monoisotopic (exact) mass is 713 g/mol. The molecule has 0 aromatic carbocycles. The van der Waals surface area contributed by atoms with E-state index in [4.69, 9.17) is 20.9 Å². The first kappa shape index (κ1) is 48.0. The highest BCUT2D eigenvalue weighted by molar-refractivity contribution is 8.08. The van der Waals surface area contributed by atoms with Crippen molar-refractivity contribution in [1.82, 2.24) is 9.57 Å². The van der Waals surface area contributed by atoms with Gasteiger partial charge in [-0.1, -0.05) is 154 Å². The Morgan fingerprint density at radius 2 is 0.729 bits per heavy atom. The van der Waals surface area contributed by atoms with Gasteiger partial charge in [0, 0.05) is 6.54 Å². The zero-order valence-electron chi connectivity index (χ0n) is 33.2. The molecule has 0 amide bonds. The van der Waals surface area contributed by atoms with Crippen LogP contribution in [0.1, 0.15) is 200 Å². The highest BCUT2D eigenvalue weighted by Gasteiger charge is 2.25. The SMILES string of the molecule is CCCCCCCC/C=C\CCCCCCCCOP(=S)(OCCCCCCCC/C=C\CCCCCCCC)N(C)CCCN(C)C. The molecule has 0 aliphatic carbocycles. The quantitative estimate of drug-likeness (QED) is 0.0359. The fraction of sp³-hybridized carbons (Fsp3) is 0.905. The molecule has 0 saturated carbocycles. The van der Waals surface area contributed by atoms with Crippen LogP contribution in [0.3, 0.4) is 0 Å². The molecule has 0 fully saturated rings. The average molecular weight is 713 g/mol. The zero-order valence-corrected chi connectivity index (χ0v) is 34.9. The second-order valence-corrected chi connectivity index (χ2v) is 18.1. The van der Waals surface area contributed by atoms with Crippen molar-refractivity contribution in [2.24, 2.45) is 0 Å². The van der Waals surface area contributed by atoms with Crippen LogP contribution in [0.4, 0.5) is 0 Å². The molecular weight excluding hydrogens is 628 g/mol. The second-order valence-electron chi connectivity index (χ2n) is 14.5. The molecule has 0 N–H and O–H groups in total. The summed E-state index contributed by atoms with van der Waals surface area (Å²) in [6.07, 6.45) is 47.7. The Kier molecular flexibility index (Phi) is 38.2. The highest BCUT2D eigenvalue weighted by atomic mass is 32.5. The maximum Gasteiger partial charge on any atom is 0.263 e. The smallest absolute Gasteiger partial charge is 0.263 e. The summed E-state index contributed by atoms with van der Waals surface area (Å²) in [4.78, 5) is 2.23. The standard InChI is InChI=1S/C42H85N2O2PS/c1-6-8-10-12-14-16-18-20-22-24-26-28-30-32-34-36-41-45-47(48,44(5)40-38-39-43(3)4)46-42-37-35-33-31-29-27-25-23-21-19-17-15-13-11-9-7-2/h20-23H,6-19,24-42H2,1-5H3/b22-20-,23-21-. The van der Waals surface area contributed by atoms with Gasteiger partial charge in [0.1, 0.15) is 0 Å². The molecule has 0 bridgehead atoms. The van der Waals surface area contributed by atoms with Gasteiger partial charge in [-0.05, 0) is 110 Å². The number of hydrogen-bond acceptors (Lipinski definition) is 4. The molecule has 0 rings (SSSR count). The van der Waals surface area contributed by atoms with Gasteiger partial charge in [-0.25, -0.2) is 4.67 Å². The van der Waals surface area contributed by atoms with Gasteiger partial charge in [0.2, 0.25) is 0 Å². The van der Waals surface area contributed by atoms with Crippen LogP contribution in [0.25, 0.3) is 0 Å². The van der Waals surface area contributed by atoms with Crippen LogP contribution in [0.2, 0.25) is 0 Å². The summed E-state index contributed by atoms with van der Waals surface area (Å²) >= 11 is 6.09. The third kappa shape index (κ3) is 34.4. The fourth-order valence-electron chi connectivity index (χ4n) is 6.03. The Labute approximate surface area is 307 Å². The van der Waals surface area contributed by atoms with Crippen LogP contribution >= 0.6 is 6.64 Å². The Hall–Kier alpha value is -0.0300. The molecule has 6 heteroatoms. The maximum atomic E-state index is 6.40. The van der Waals surface area contributed by atoms with E-state index >= 15 is 0 Å². The molecule has 286 valence electrons. The van der Waals surface area contributed by atoms with E-state index in [0.717, 1.165) is 45.6 Å². The molecular formula is C42H85N2O2PS. The van der Waals surface area contributed by atoms with E-state index in [9.17, 15) is 0 Å². The van der Waals surface area contributed by atoms with Gasteiger partial charge >= 0.3 is 0 Å². The first-order valence-corrected chi connectivity index (χ1v) is 23.6. The van der Waals surface area contributed by atoms with Crippen molar-refractivity contribution >= 4 is 18.4 Å². The van der Waals surface area contributed by atoms with Crippen molar-refractivity contribution in [2.45, 2.75) is 200 Å². The number of nitrogens with zero attached hydrogens (tertiary/aromatic N) is 2. The molecule has 0 aliphatic heterocycles. The maximum absolute atomic E-state index is 6.40. The first-order chi connectivity index (χ1) is 23.5. The van der Waals surface area contributed by atoms with Crippen molar-refractivity contribution < 1.29 is 9.05 Å². The molecule has 0 heterocycles. The van der Waals surface area contributed by atoms with Crippen molar-refractivity contribution in [3.8, 4) is 0 Å². The summed E-state index contributed by atoms with van der Waals surface area (Å²) in [6.45, 7) is 5.60. The molecule has 0 unspecified atom stereocenters. The Bertz CT molecular complexity index is 697. The number of allylic oxidation sites excluding steroid dienone is 4. The van der Waals surface area contributed by atoms with Gasteiger partial charge in [0.15, 0.2) is 0 Å². The summed E-state index contributed by atoms with van der Waals surface area (Å²) in [5.74, 6) is 0. The van der Waals surface area contributed by atoms with Crippen molar-refractivity contribution in [3.63, 3.8) is 0 Å². The number of hydrogen-bond donors (Lipinski definition) is 0. The first-order valence-electron chi connectivity index (χ1n) is 21.0. The van der Waals surface area contributed by atoms with E-state index < -0.39 is 6.64 Å². The molecule has 0 radical (unpaired) electrons. The largest absolute Gasteiger partial charge is 0.318 e. The van der Waals surface area contributed by atoms with Crippen molar-refractivity contribution in [1.29, 1.82) is 0 Å². The zero-order chi connectivity index (χ0) is 35.2. The van der Waals surface area contributed by atoms with Gasteiger partial charge in [0.05, 0.1) is 13.2 Å². The van der Waals surface area contributed by atoms with Gasteiger partial charge < -0.3 is 13.9 Å². The topological polar surface area (TPSA) is 24.9 Å². The van der Waals surface area contributed by atoms with Gasteiger partial charge in [0.25, 0.3) is 6.64 Å². The summed E-state index contributed by atoms with van der Waals surface area (Å²) in [6, 6.07) is 0. The average Bonchev–Trinajstić information content (AvgIpc) is 3.07. The minimum Gasteiger partial charge on any atom is -0.318 e. The third-order valence-corrected chi connectivity index (χ3v) is 12.8. The van der Waals surface area contributed by atoms with Crippen LogP contribution in [0.5, 0.6) is 0 Å². The minimum absolute atomic E-state index is 0.726. The summed E-state index contributed by atoms with van der Waals surface area (Å²) in [5.41, 5.74) is 0. The Morgan fingerprint density at radius 1 is 0.417 bits per heavy atom. The molecule has 0 aromatic rings. The molecule has 0 saturated heterocycles. The van der Waals surface area contributed by atoms with Gasteiger partial charge in [-0.15, -0.1) is 0 Å². The van der Waals surface area contributed by atoms with E-state index in [-0.39, 0.29) is 0 Å². The lowest BCUT2D eigenvalue weighted by atomic mass is 10.1. The third-order valence-electron chi connectivity index (χ3n) is 9.33. The Balaban J connectivity index is 4.02. The van der Waals surface area contributed by atoms with Crippen molar-refractivity contribution in [2.75, 3.05) is 47.4 Å². The lowest BCUT2D eigenvalue weighted by Crippen LogP contribution is -2.24. The normalized spacial score (nSPS) is 12.6. The van der Waals surface area contributed by atoms with Crippen molar-refractivity contribution in [3.05, 3.63) is 24.3 Å². The van der Waals surface area contributed by atoms with E-state index in [1.807, 2.05) is 0 Å². The van der Waals surface area contributed by atoms with E-state index in [2.05, 4.69) is 68.9 Å². The summed E-state index contributed by atoms with van der Waals surface area (Å²) in [7, 11) is 6.37.